The number of H-pyrrole nitrogens is 1. The Morgan fingerprint density at radius 1 is 1.26 bits per heavy atom. The first kappa shape index (κ1) is 21.2. The van der Waals surface area contributed by atoms with E-state index in [1.54, 1.807) is 13.1 Å². The second kappa shape index (κ2) is 7.90. The van der Waals surface area contributed by atoms with Crippen LogP contribution in [0.25, 0.3) is 10.9 Å². The number of carbonyl (C=O) groups is 3. The Labute approximate surface area is 176 Å². The zero-order chi connectivity index (χ0) is 22.3. The fraction of sp³-hybridized carbons (Fsp3) is 0.476. The molecule has 2 aromatic rings. The van der Waals surface area contributed by atoms with E-state index >= 15 is 0 Å². The molecule has 2 aliphatic rings. The standard InChI is InChI=1S/C21H23F3N4O3/c1-12(13-6-7-13)28(11-21(22,23)24)18(29)10-27-19(30)17(26-20(27)31)8-14-9-25-16-5-3-2-4-15(14)16/h2-5,9,12-13,17,25H,6-8,10-11H2,1H3,(H,26,31)/t12-,17-/m0/s1. The lowest BCUT2D eigenvalue weighted by atomic mass is 10.1. The number of hydrogen-bond donors (Lipinski definition) is 2. The number of urea groups is 1. The van der Waals surface area contributed by atoms with Gasteiger partial charge in [-0.3, -0.25) is 14.5 Å². The van der Waals surface area contributed by atoms with E-state index in [2.05, 4.69) is 10.3 Å². The van der Waals surface area contributed by atoms with Crippen LogP contribution in [-0.2, 0) is 16.0 Å². The third-order valence-electron chi connectivity index (χ3n) is 5.97. The molecule has 0 unspecified atom stereocenters. The van der Waals surface area contributed by atoms with Crippen molar-refractivity contribution >= 4 is 28.7 Å². The average molecular weight is 436 g/mol. The van der Waals surface area contributed by atoms with Crippen LogP contribution in [0.4, 0.5) is 18.0 Å². The van der Waals surface area contributed by atoms with Gasteiger partial charge in [0.2, 0.25) is 5.91 Å². The molecule has 166 valence electrons. The Balaban J connectivity index is 1.46. The number of alkyl halides is 3. The van der Waals surface area contributed by atoms with Gasteiger partial charge in [0, 0.05) is 29.6 Å². The smallest absolute Gasteiger partial charge is 0.361 e. The normalized spacial score (nSPS) is 20.3. The van der Waals surface area contributed by atoms with Crippen molar-refractivity contribution in [2.75, 3.05) is 13.1 Å². The molecule has 1 saturated heterocycles. The number of aromatic nitrogens is 1. The molecule has 10 heteroatoms. The highest BCUT2D eigenvalue weighted by molar-refractivity contribution is 6.06. The van der Waals surface area contributed by atoms with Gasteiger partial charge >= 0.3 is 12.2 Å². The first-order chi connectivity index (χ1) is 14.6. The zero-order valence-electron chi connectivity index (χ0n) is 16.9. The molecule has 1 saturated carbocycles. The zero-order valence-corrected chi connectivity index (χ0v) is 16.9. The summed E-state index contributed by atoms with van der Waals surface area (Å²) in [5.41, 5.74) is 1.71. The van der Waals surface area contributed by atoms with Crippen LogP contribution < -0.4 is 5.32 Å². The number of para-hydroxylation sites is 1. The first-order valence-corrected chi connectivity index (χ1v) is 10.2. The van der Waals surface area contributed by atoms with Gasteiger partial charge in [-0.15, -0.1) is 0 Å². The molecule has 1 aromatic heterocycles. The van der Waals surface area contributed by atoms with Gasteiger partial charge in [-0.2, -0.15) is 13.2 Å². The van der Waals surface area contributed by atoms with Gasteiger partial charge in [-0.25, -0.2) is 4.79 Å². The van der Waals surface area contributed by atoms with E-state index in [1.807, 2.05) is 24.3 Å². The minimum atomic E-state index is -4.56. The summed E-state index contributed by atoms with van der Waals surface area (Å²) < 4.78 is 39.1. The molecule has 2 heterocycles. The molecule has 4 amide bonds. The van der Waals surface area contributed by atoms with E-state index in [1.165, 1.54) is 0 Å². The summed E-state index contributed by atoms with van der Waals surface area (Å²) in [6.07, 6.45) is -1.07. The summed E-state index contributed by atoms with van der Waals surface area (Å²) in [6.45, 7) is -0.527. The minimum Gasteiger partial charge on any atom is -0.361 e. The molecule has 1 aromatic carbocycles. The van der Waals surface area contributed by atoms with E-state index in [0.29, 0.717) is 4.90 Å². The summed E-state index contributed by atoms with van der Waals surface area (Å²) in [4.78, 5) is 42.4. The number of fused-ring (bicyclic) bond motifs is 1. The molecule has 2 N–H and O–H groups in total. The van der Waals surface area contributed by atoms with Crippen molar-refractivity contribution in [3.8, 4) is 0 Å². The van der Waals surface area contributed by atoms with Crippen LogP contribution in [0.2, 0.25) is 0 Å². The molecular weight excluding hydrogens is 413 g/mol. The maximum atomic E-state index is 13.0. The van der Waals surface area contributed by atoms with Gasteiger partial charge in [0.25, 0.3) is 5.91 Å². The molecule has 2 fully saturated rings. The third kappa shape index (κ3) is 4.52. The molecule has 0 bridgehead atoms. The summed E-state index contributed by atoms with van der Waals surface area (Å²) in [5, 5.41) is 3.46. The number of aromatic amines is 1. The maximum absolute atomic E-state index is 13.0. The number of rotatable bonds is 7. The van der Waals surface area contributed by atoms with Crippen LogP contribution >= 0.6 is 0 Å². The van der Waals surface area contributed by atoms with Crippen LogP contribution in [0.15, 0.2) is 30.5 Å². The molecule has 31 heavy (non-hydrogen) atoms. The molecule has 7 nitrogen and oxygen atoms in total. The summed E-state index contributed by atoms with van der Waals surface area (Å²) in [6, 6.07) is 5.25. The molecule has 1 aliphatic heterocycles. The summed E-state index contributed by atoms with van der Waals surface area (Å²) >= 11 is 0. The molecule has 1 aliphatic carbocycles. The van der Waals surface area contributed by atoms with E-state index < -0.39 is 49.2 Å². The van der Waals surface area contributed by atoms with Crippen LogP contribution in [-0.4, -0.2) is 64.0 Å². The lowest BCUT2D eigenvalue weighted by molar-refractivity contribution is -0.166. The Morgan fingerprint density at radius 3 is 2.65 bits per heavy atom. The van der Waals surface area contributed by atoms with Crippen molar-refractivity contribution in [1.82, 2.24) is 20.1 Å². The Morgan fingerprint density at radius 2 is 1.97 bits per heavy atom. The molecule has 2 atom stereocenters. The van der Waals surface area contributed by atoms with Gasteiger partial charge in [0.15, 0.2) is 0 Å². The van der Waals surface area contributed by atoms with Gasteiger partial charge in [-0.05, 0) is 37.3 Å². The van der Waals surface area contributed by atoms with Gasteiger partial charge in [0.05, 0.1) is 0 Å². The number of hydrogen-bond acceptors (Lipinski definition) is 3. The Bertz CT molecular complexity index is 1010. The van der Waals surface area contributed by atoms with Gasteiger partial charge < -0.3 is 15.2 Å². The quantitative estimate of drug-likeness (QED) is 0.655. The number of benzene rings is 1. The average Bonchev–Trinajstić information content (AvgIpc) is 3.44. The monoisotopic (exact) mass is 436 g/mol. The molecule has 0 radical (unpaired) electrons. The van der Waals surface area contributed by atoms with Gasteiger partial charge in [-0.1, -0.05) is 18.2 Å². The van der Waals surface area contributed by atoms with Crippen LogP contribution in [0.3, 0.4) is 0 Å². The van der Waals surface area contributed by atoms with E-state index in [9.17, 15) is 27.6 Å². The second-order valence-electron chi connectivity index (χ2n) is 8.20. The predicted molar refractivity (Wildman–Crippen MR) is 106 cm³/mol. The van der Waals surface area contributed by atoms with E-state index in [0.717, 1.165) is 34.2 Å². The van der Waals surface area contributed by atoms with E-state index in [-0.39, 0.29) is 12.3 Å². The lowest BCUT2D eigenvalue weighted by Crippen LogP contribution is -2.50. The third-order valence-corrected chi connectivity index (χ3v) is 5.97. The number of imide groups is 1. The minimum absolute atomic E-state index is 0.0176. The Hall–Kier alpha value is -3.04. The number of carbonyl (C=O) groups excluding carboxylic acids is 3. The summed E-state index contributed by atoms with van der Waals surface area (Å²) in [5.74, 6) is -1.48. The largest absolute Gasteiger partial charge is 0.406 e. The molecular formula is C21H23F3N4O3. The fourth-order valence-electron chi connectivity index (χ4n) is 4.10. The van der Waals surface area contributed by atoms with E-state index in [4.69, 9.17) is 0 Å². The maximum Gasteiger partial charge on any atom is 0.406 e. The van der Waals surface area contributed by atoms with Crippen LogP contribution in [0, 0.1) is 5.92 Å². The number of halogens is 3. The predicted octanol–water partition coefficient (Wildman–Crippen LogP) is 2.82. The van der Waals surface area contributed by atoms with Crippen molar-refractivity contribution in [2.24, 2.45) is 5.92 Å². The molecule has 0 spiro atoms. The molecule has 4 rings (SSSR count). The van der Waals surface area contributed by atoms with Crippen LogP contribution in [0.1, 0.15) is 25.3 Å². The fourth-order valence-corrected chi connectivity index (χ4v) is 4.10. The van der Waals surface area contributed by atoms with Crippen molar-refractivity contribution in [2.45, 2.75) is 44.4 Å². The summed E-state index contributed by atoms with van der Waals surface area (Å²) in [7, 11) is 0. The number of nitrogens with zero attached hydrogens (tertiary/aromatic N) is 2. The van der Waals surface area contributed by atoms with Crippen LogP contribution in [0.5, 0.6) is 0 Å². The second-order valence-corrected chi connectivity index (χ2v) is 8.20. The Kier molecular flexibility index (Phi) is 5.40. The van der Waals surface area contributed by atoms with Crippen molar-refractivity contribution < 1.29 is 27.6 Å². The number of amides is 4. The highest BCUT2D eigenvalue weighted by atomic mass is 19.4. The SMILES string of the molecule is C[C@@H](C1CC1)N(CC(F)(F)F)C(=O)CN1C(=O)N[C@@H](Cc2c[nH]c3ccccc23)C1=O. The topological polar surface area (TPSA) is 85.5 Å². The van der Waals surface area contributed by atoms with Crippen molar-refractivity contribution in [3.05, 3.63) is 36.0 Å². The lowest BCUT2D eigenvalue weighted by Gasteiger charge is -2.31. The first-order valence-electron chi connectivity index (χ1n) is 10.2. The highest BCUT2D eigenvalue weighted by Gasteiger charge is 2.44. The number of nitrogens with one attached hydrogen (secondary N) is 2. The van der Waals surface area contributed by atoms with Crippen molar-refractivity contribution in [3.63, 3.8) is 0 Å². The highest BCUT2D eigenvalue weighted by Crippen LogP contribution is 2.36. The van der Waals surface area contributed by atoms with Crippen molar-refractivity contribution in [1.29, 1.82) is 0 Å². The van der Waals surface area contributed by atoms with Gasteiger partial charge in [0.1, 0.15) is 19.1 Å².